The zero-order valence-corrected chi connectivity index (χ0v) is 16.5. The van der Waals surface area contributed by atoms with Crippen LogP contribution in [0.2, 0.25) is 5.02 Å². The standard InChI is InChI=1S/C19H18BrClN2O3/c1-2-26-15-6-4-14(5-7-15)23-11-12(9-18(23)24)19(25)22-17-8-3-13(20)10-16(17)21/h3-8,10,12H,2,9,11H2,1H3,(H,22,25). The SMILES string of the molecule is CCOc1ccc(N2CC(C(=O)Nc3ccc(Br)cc3Cl)CC2=O)cc1. The quantitative estimate of drug-likeness (QED) is 0.749. The van der Waals surface area contributed by atoms with Crippen molar-refractivity contribution in [1.29, 1.82) is 0 Å². The molecule has 5 nitrogen and oxygen atoms in total. The molecule has 1 saturated heterocycles. The molecule has 1 fully saturated rings. The second-order valence-corrected chi connectivity index (χ2v) is 7.27. The lowest BCUT2D eigenvalue weighted by atomic mass is 10.1. The molecular formula is C19H18BrClN2O3. The van der Waals surface area contributed by atoms with Crippen LogP contribution in [0.4, 0.5) is 11.4 Å². The van der Waals surface area contributed by atoms with E-state index >= 15 is 0 Å². The zero-order chi connectivity index (χ0) is 18.7. The predicted molar refractivity (Wildman–Crippen MR) is 106 cm³/mol. The second-order valence-electron chi connectivity index (χ2n) is 5.95. The van der Waals surface area contributed by atoms with Crippen molar-refractivity contribution in [3.63, 3.8) is 0 Å². The number of nitrogens with zero attached hydrogens (tertiary/aromatic N) is 1. The van der Waals surface area contributed by atoms with Crippen molar-refractivity contribution in [1.82, 2.24) is 0 Å². The van der Waals surface area contributed by atoms with Gasteiger partial charge in [-0.05, 0) is 49.4 Å². The molecule has 2 amide bonds. The molecule has 0 spiro atoms. The molecule has 3 rings (SSSR count). The largest absolute Gasteiger partial charge is 0.494 e. The van der Waals surface area contributed by atoms with E-state index in [9.17, 15) is 9.59 Å². The number of benzene rings is 2. The smallest absolute Gasteiger partial charge is 0.229 e. The summed E-state index contributed by atoms with van der Waals surface area (Å²) in [5, 5.41) is 3.25. The van der Waals surface area contributed by atoms with Crippen LogP contribution in [0.5, 0.6) is 5.75 Å². The van der Waals surface area contributed by atoms with E-state index in [0.717, 1.165) is 15.9 Å². The van der Waals surface area contributed by atoms with Crippen molar-refractivity contribution in [2.24, 2.45) is 5.92 Å². The van der Waals surface area contributed by atoms with Crippen LogP contribution >= 0.6 is 27.5 Å². The van der Waals surface area contributed by atoms with E-state index in [1.807, 2.05) is 31.2 Å². The minimum Gasteiger partial charge on any atom is -0.494 e. The summed E-state index contributed by atoms with van der Waals surface area (Å²) in [7, 11) is 0. The number of amides is 2. The number of hydrogen-bond acceptors (Lipinski definition) is 3. The van der Waals surface area contributed by atoms with Crippen LogP contribution in [0.15, 0.2) is 46.9 Å². The van der Waals surface area contributed by atoms with E-state index in [-0.39, 0.29) is 18.2 Å². The summed E-state index contributed by atoms with van der Waals surface area (Å²) < 4.78 is 6.24. The molecule has 7 heteroatoms. The minimum absolute atomic E-state index is 0.0730. The number of hydrogen-bond donors (Lipinski definition) is 1. The first kappa shape index (κ1) is 18.7. The van der Waals surface area contributed by atoms with Crippen molar-refractivity contribution >= 4 is 50.7 Å². The zero-order valence-electron chi connectivity index (χ0n) is 14.2. The molecule has 0 saturated carbocycles. The van der Waals surface area contributed by atoms with Gasteiger partial charge in [0.25, 0.3) is 0 Å². The molecule has 1 heterocycles. The summed E-state index contributed by atoms with van der Waals surface area (Å²) in [6.07, 6.45) is 0.174. The van der Waals surface area contributed by atoms with E-state index < -0.39 is 5.92 Å². The van der Waals surface area contributed by atoms with Gasteiger partial charge < -0.3 is 15.0 Å². The maximum absolute atomic E-state index is 12.5. The third kappa shape index (κ3) is 4.19. The molecular weight excluding hydrogens is 420 g/mol. The van der Waals surface area contributed by atoms with Crippen LogP contribution in [-0.2, 0) is 9.59 Å². The van der Waals surface area contributed by atoms with Gasteiger partial charge in [0.05, 0.1) is 23.2 Å². The van der Waals surface area contributed by atoms with E-state index in [2.05, 4.69) is 21.2 Å². The van der Waals surface area contributed by atoms with Gasteiger partial charge in [-0.2, -0.15) is 0 Å². The summed E-state index contributed by atoms with van der Waals surface area (Å²) in [5.74, 6) is 0.0445. The molecule has 0 bridgehead atoms. The normalized spacial score (nSPS) is 16.7. The van der Waals surface area contributed by atoms with Gasteiger partial charge in [-0.3, -0.25) is 9.59 Å². The highest BCUT2D eigenvalue weighted by atomic mass is 79.9. The number of rotatable bonds is 5. The first-order valence-electron chi connectivity index (χ1n) is 8.27. The Labute approximate surface area is 165 Å². The number of carbonyl (C=O) groups is 2. The average Bonchev–Trinajstić information content (AvgIpc) is 3.00. The number of ether oxygens (including phenoxy) is 1. The Bertz CT molecular complexity index is 826. The Morgan fingerprint density at radius 3 is 2.69 bits per heavy atom. The lowest BCUT2D eigenvalue weighted by Crippen LogP contribution is -2.28. The number of nitrogens with one attached hydrogen (secondary N) is 1. The molecule has 0 aromatic heterocycles. The molecule has 0 aliphatic carbocycles. The molecule has 1 unspecified atom stereocenters. The molecule has 26 heavy (non-hydrogen) atoms. The second kappa shape index (κ2) is 8.10. The number of carbonyl (C=O) groups excluding carboxylic acids is 2. The minimum atomic E-state index is -0.422. The van der Waals surface area contributed by atoms with Gasteiger partial charge in [0, 0.05) is 23.1 Å². The molecule has 136 valence electrons. The Morgan fingerprint density at radius 2 is 2.04 bits per heavy atom. The first-order chi connectivity index (χ1) is 12.5. The van der Waals surface area contributed by atoms with Crippen molar-refractivity contribution in [3.8, 4) is 5.75 Å². The summed E-state index contributed by atoms with van der Waals surface area (Å²) in [4.78, 5) is 26.5. The van der Waals surface area contributed by atoms with Crippen LogP contribution in [-0.4, -0.2) is 25.0 Å². The highest BCUT2D eigenvalue weighted by Gasteiger charge is 2.35. The monoisotopic (exact) mass is 436 g/mol. The Morgan fingerprint density at radius 1 is 1.31 bits per heavy atom. The summed E-state index contributed by atoms with van der Waals surface area (Å²) >= 11 is 9.47. The lowest BCUT2D eigenvalue weighted by Gasteiger charge is -2.17. The van der Waals surface area contributed by atoms with Gasteiger partial charge in [0.15, 0.2) is 0 Å². The predicted octanol–water partition coefficient (Wildman–Crippen LogP) is 4.49. The summed E-state index contributed by atoms with van der Waals surface area (Å²) in [6, 6.07) is 12.5. The molecule has 1 atom stereocenters. The molecule has 1 aliphatic heterocycles. The fourth-order valence-corrected chi connectivity index (χ4v) is 3.57. The van der Waals surface area contributed by atoms with E-state index in [1.54, 1.807) is 23.1 Å². The van der Waals surface area contributed by atoms with Crippen LogP contribution in [0.25, 0.3) is 0 Å². The lowest BCUT2D eigenvalue weighted by molar-refractivity contribution is -0.122. The van der Waals surface area contributed by atoms with Gasteiger partial charge in [-0.25, -0.2) is 0 Å². The van der Waals surface area contributed by atoms with Crippen molar-refractivity contribution < 1.29 is 14.3 Å². The third-order valence-electron chi connectivity index (χ3n) is 4.14. The Balaban J connectivity index is 1.67. The van der Waals surface area contributed by atoms with Crippen molar-refractivity contribution in [2.75, 3.05) is 23.4 Å². The van der Waals surface area contributed by atoms with Crippen molar-refractivity contribution in [2.45, 2.75) is 13.3 Å². The van der Waals surface area contributed by atoms with Crippen LogP contribution in [0.1, 0.15) is 13.3 Å². The molecule has 2 aromatic rings. The maximum atomic E-state index is 12.5. The molecule has 0 radical (unpaired) electrons. The first-order valence-corrected chi connectivity index (χ1v) is 9.44. The van der Waals surface area contributed by atoms with Gasteiger partial charge in [0.1, 0.15) is 5.75 Å². The van der Waals surface area contributed by atoms with E-state index in [0.29, 0.717) is 23.9 Å². The van der Waals surface area contributed by atoms with E-state index in [4.69, 9.17) is 16.3 Å². The fourth-order valence-electron chi connectivity index (χ4n) is 2.85. The van der Waals surface area contributed by atoms with E-state index in [1.165, 1.54) is 0 Å². The third-order valence-corrected chi connectivity index (χ3v) is 4.95. The van der Waals surface area contributed by atoms with Gasteiger partial charge in [0.2, 0.25) is 11.8 Å². The molecule has 2 aromatic carbocycles. The average molecular weight is 438 g/mol. The molecule has 1 aliphatic rings. The van der Waals surface area contributed by atoms with Crippen LogP contribution in [0.3, 0.4) is 0 Å². The number of anilines is 2. The van der Waals surface area contributed by atoms with Crippen LogP contribution in [0, 0.1) is 5.92 Å². The summed E-state index contributed by atoms with van der Waals surface area (Å²) in [5.41, 5.74) is 1.29. The number of halogens is 2. The Hall–Kier alpha value is -2.05. The van der Waals surface area contributed by atoms with Gasteiger partial charge in [-0.15, -0.1) is 0 Å². The van der Waals surface area contributed by atoms with Crippen molar-refractivity contribution in [3.05, 3.63) is 52.0 Å². The fraction of sp³-hybridized carbons (Fsp3) is 0.263. The topological polar surface area (TPSA) is 58.6 Å². The maximum Gasteiger partial charge on any atom is 0.229 e. The molecule has 1 N–H and O–H groups in total. The highest BCUT2D eigenvalue weighted by molar-refractivity contribution is 9.10. The van der Waals surface area contributed by atoms with Gasteiger partial charge in [-0.1, -0.05) is 27.5 Å². The Kier molecular flexibility index (Phi) is 5.84. The summed E-state index contributed by atoms with van der Waals surface area (Å²) in [6.45, 7) is 2.84. The van der Waals surface area contributed by atoms with Gasteiger partial charge >= 0.3 is 0 Å². The van der Waals surface area contributed by atoms with Crippen LogP contribution < -0.4 is 15.0 Å². The highest BCUT2D eigenvalue weighted by Crippen LogP contribution is 2.30.